The van der Waals surface area contributed by atoms with Crippen molar-refractivity contribution in [2.75, 3.05) is 20.6 Å². The molecule has 0 aromatic carbocycles. The van der Waals surface area contributed by atoms with Crippen LogP contribution in [0, 0.1) is 5.92 Å². The molecule has 12 heavy (non-hydrogen) atoms. The van der Waals surface area contributed by atoms with Crippen molar-refractivity contribution in [3.63, 3.8) is 0 Å². The molecule has 0 saturated heterocycles. The van der Waals surface area contributed by atoms with E-state index >= 15 is 0 Å². The van der Waals surface area contributed by atoms with Crippen molar-refractivity contribution in [1.29, 1.82) is 0 Å². The first-order valence-electron chi connectivity index (χ1n) is 5.05. The van der Waals surface area contributed by atoms with Gasteiger partial charge in [0.15, 0.2) is 0 Å². The molecule has 2 heteroatoms. The molecule has 0 radical (unpaired) electrons. The summed E-state index contributed by atoms with van der Waals surface area (Å²) in [6.07, 6.45) is 5.21. The van der Waals surface area contributed by atoms with Gasteiger partial charge in [0.25, 0.3) is 0 Å². The fourth-order valence-electron chi connectivity index (χ4n) is 0.981. The molecule has 0 bridgehead atoms. The van der Waals surface area contributed by atoms with E-state index < -0.39 is 0 Å². The monoisotopic (exact) mass is 174 g/mol. The van der Waals surface area contributed by atoms with Gasteiger partial charge in [0.1, 0.15) is 0 Å². The Morgan fingerprint density at radius 3 is 2.00 bits per heavy atom. The lowest BCUT2D eigenvalue weighted by atomic mass is 10.00. The second-order valence-corrected chi connectivity index (χ2v) is 3.15. The maximum Gasteiger partial charge on any atom is -0.00490 e. The third-order valence-corrected chi connectivity index (χ3v) is 1.88. The second-order valence-electron chi connectivity index (χ2n) is 3.15. The number of nitrogens with one attached hydrogen (secondary N) is 1. The second kappa shape index (κ2) is 13.5. The van der Waals surface area contributed by atoms with Gasteiger partial charge in [-0.05, 0) is 33.0 Å². The molecule has 3 N–H and O–H groups in total. The molecule has 0 heterocycles. The first kappa shape index (κ1) is 14.4. The van der Waals surface area contributed by atoms with E-state index in [2.05, 4.69) is 19.2 Å². The Hall–Kier alpha value is -0.0800. The highest BCUT2D eigenvalue weighted by atomic mass is 14.7. The lowest BCUT2D eigenvalue weighted by molar-refractivity contribution is 0.461. The van der Waals surface area contributed by atoms with E-state index in [1.165, 1.54) is 25.7 Å². The molecule has 0 aromatic rings. The fraction of sp³-hybridized carbons (Fsp3) is 1.00. The van der Waals surface area contributed by atoms with E-state index in [0.29, 0.717) is 0 Å². The van der Waals surface area contributed by atoms with E-state index in [4.69, 9.17) is 5.73 Å². The number of hydrogen-bond acceptors (Lipinski definition) is 2. The highest BCUT2D eigenvalue weighted by molar-refractivity contribution is 4.56. The van der Waals surface area contributed by atoms with E-state index in [9.17, 15) is 0 Å². The molecular weight excluding hydrogens is 148 g/mol. The van der Waals surface area contributed by atoms with E-state index in [0.717, 1.165) is 12.5 Å². The lowest BCUT2D eigenvalue weighted by Crippen LogP contribution is -2.12. The minimum atomic E-state index is 0.782. The zero-order chi connectivity index (χ0) is 9.82. The quantitative estimate of drug-likeness (QED) is 0.669. The molecule has 0 amide bonds. The minimum Gasteiger partial charge on any atom is -0.330 e. The van der Waals surface area contributed by atoms with Gasteiger partial charge in [-0.25, -0.2) is 0 Å². The highest BCUT2D eigenvalue weighted by Gasteiger charge is 2.00. The van der Waals surface area contributed by atoms with Crippen molar-refractivity contribution < 1.29 is 0 Å². The summed E-state index contributed by atoms with van der Waals surface area (Å²) in [7, 11) is 3.75. The van der Waals surface area contributed by atoms with Gasteiger partial charge in [-0.1, -0.05) is 33.1 Å². The molecule has 0 saturated carbocycles. The Balaban J connectivity index is 0. The van der Waals surface area contributed by atoms with Crippen LogP contribution >= 0.6 is 0 Å². The number of rotatable bonds is 5. The van der Waals surface area contributed by atoms with Crippen LogP contribution < -0.4 is 11.1 Å². The van der Waals surface area contributed by atoms with E-state index in [1.807, 2.05) is 14.1 Å². The molecule has 0 aliphatic heterocycles. The van der Waals surface area contributed by atoms with Crippen LogP contribution in [-0.4, -0.2) is 20.6 Å². The van der Waals surface area contributed by atoms with Crippen molar-refractivity contribution in [3.05, 3.63) is 0 Å². The summed E-state index contributed by atoms with van der Waals surface area (Å²) in [5.41, 5.74) is 5.52. The third kappa shape index (κ3) is 12.6. The zero-order valence-electron chi connectivity index (χ0n) is 9.19. The summed E-state index contributed by atoms with van der Waals surface area (Å²) in [6.45, 7) is 5.31. The van der Waals surface area contributed by atoms with E-state index in [1.54, 1.807) is 0 Å². The Morgan fingerprint density at radius 2 is 1.75 bits per heavy atom. The largest absolute Gasteiger partial charge is 0.330 e. The van der Waals surface area contributed by atoms with Crippen LogP contribution in [0.2, 0.25) is 0 Å². The van der Waals surface area contributed by atoms with Crippen LogP contribution in [0.1, 0.15) is 39.5 Å². The van der Waals surface area contributed by atoms with Gasteiger partial charge in [-0.15, -0.1) is 0 Å². The fourth-order valence-corrected chi connectivity index (χ4v) is 0.981. The van der Waals surface area contributed by atoms with Crippen LogP contribution in [-0.2, 0) is 0 Å². The lowest BCUT2D eigenvalue weighted by Gasteiger charge is -2.09. The summed E-state index contributed by atoms with van der Waals surface area (Å²) in [5, 5.41) is 2.75. The van der Waals surface area contributed by atoms with Crippen LogP contribution in [0.5, 0.6) is 0 Å². The minimum absolute atomic E-state index is 0.782. The predicted molar refractivity (Wildman–Crippen MR) is 57.3 cm³/mol. The summed E-state index contributed by atoms with van der Waals surface area (Å²) >= 11 is 0. The van der Waals surface area contributed by atoms with Gasteiger partial charge < -0.3 is 11.1 Å². The first-order chi connectivity index (χ1) is 5.76. The Morgan fingerprint density at radius 1 is 1.25 bits per heavy atom. The van der Waals surface area contributed by atoms with Gasteiger partial charge in [0.2, 0.25) is 0 Å². The molecule has 1 unspecified atom stereocenters. The topological polar surface area (TPSA) is 38.0 Å². The summed E-state index contributed by atoms with van der Waals surface area (Å²) in [6, 6.07) is 0. The molecule has 1 atom stereocenters. The normalized spacial score (nSPS) is 11.8. The zero-order valence-corrected chi connectivity index (χ0v) is 9.19. The molecule has 0 aliphatic carbocycles. The van der Waals surface area contributed by atoms with Crippen molar-refractivity contribution in [1.82, 2.24) is 5.32 Å². The van der Waals surface area contributed by atoms with Crippen molar-refractivity contribution >= 4 is 0 Å². The summed E-state index contributed by atoms with van der Waals surface area (Å²) in [4.78, 5) is 0. The van der Waals surface area contributed by atoms with Gasteiger partial charge in [0.05, 0.1) is 0 Å². The number of unbranched alkanes of at least 4 members (excludes halogenated alkanes) is 1. The predicted octanol–water partition coefficient (Wildman–Crippen LogP) is 2.00. The SMILES string of the molecule is CCCCC(CC)CN.CNC. The van der Waals surface area contributed by atoms with Crippen molar-refractivity contribution in [3.8, 4) is 0 Å². The maximum atomic E-state index is 5.52. The number of nitrogens with two attached hydrogens (primary N) is 1. The summed E-state index contributed by atoms with van der Waals surface area (Å²) in [5.74, 6) is 0.782. The maximum absolute atomic E-state index is 5.52. The van der Waals surface area contributed by atoms with Crippen molar-refractivity contribution in [2.24, 2.45) is 11.7 Å². The number of hydrogen-bond donors (Lipinski definition) is 2. The average Bonchev–Trinajstić information content (AvgIpc) is 2.08. The molecule has 0 aliphatic rings. The molecule has 2 nitrogen and oxygen atoms in total. The summed E-state index contributed by atoms with van der Waals surface area (Å²) < 4.78 is 0. The van der Waals surface area contributed by atoms with Crippen molar-refractivity contribution in [2.45, 2.75) is 39.5 Å². The van der Waals surface area contributed by atoms with Gasteiger partial charge >= 0.3 is 0 Å². The van der Waals surface area contributed by atoms with Gasteiger partial charge in [-0.3, -0.25) is 0 Å². The van der Waals surface area contributed by atoms with Gasteiger partial charge in [-0.2, -0.15) is 0 Å². The molecule has 0 spiro atoms. The third-order valence-electron chi connectivity index (χ3n) is 1.88. The Labute approximate surface area is 77.9 Å². The van der Waals surface area contributed by atoms with Crippen LogP contribution in [0.3, 0.4) is 0 Å². The molecule has 76 valence electrons. The standard InChI is InChI=1S/C8H19N.C2H7N/c1-3-5-6-8(4-2)7-9;1-3-2/h8H,3-7,9H2,1-2H3;3H,1-2H3. The smallest absolute Gasteiger partial charge is 0.00490 e. The van der Waals surface area contributed by atoms with Gasteiger partial charge in [0, 0.05) is 0 Å². The van der Waals surface area contributed by atoms with E-state index in [-0.39, 0.29) is 0 Å². The Bertz CT molecular complexity index is 60.9. The first-order valence-corrected chi connectivity index (χ1v) is 5.05. The van der Waals surface area contributed by atoms with Crippen LogP contribution in [0.4, 0.5) is 0 Å². The van der Waals surface area contributed by atoms with Crippen LogP contribution in [0.25, 0.3) is 0 Å². The Kier molecular flexibility index (Phi) is 16.3. The molecule has 0 aromatic heterocycles. The average molecular weight is 174 g/mol. The highest BCUT2D eigenvalue weighted by Crippen LogP contribution is 2.09. The molecular formula is C10H26N2. The van der Waals surface area contributed by atoms with Crippen LogP contribution in [0.15, 0.2) is 0 Å². The molecule has 0 fully saturated rings. The molecule has 0 rings (SSSR count).